The van der Waals surface area contributed by atoms with Gasteiger partial charge in [0.1, 0.15) is 16.9 Å². The number of urea groups is 1. The number of H-pyrrole nitrogens is 2. The molecule has 0 aliphatic carbocycles. The summed E-state index contributed by atoms with van der Waals surface area (Å²) in [5.74, 6) is 1.01. The normalized spacial score (nSPS) is 14.1. The van der Waals surface area contributed by atoms with Crippen molar-refractivity contribution in [3.63, 3.8) is 0 Å². The summed E-state index contributed by atoms with van der Waals surface area (Å²) in [5, 5.41) is 4.98. The monoisotopic (exact) mass is 507 g/mol. The van der Waals surface area contributed by atoms with E-state index in [-0.39, 0.29) is 5.70 Å². The number of imidazole rings is 1. The third-order valence-corrected chi connectivity index (χ3v) is 5.04. The Hall–Kier alpha value is -3.99. The molecule has 0 bridgehead atoms. The molecule has 0 saturated heterocycles. The second-order valence-electron chi connectivity index (χ2n) is 7.45. The maximum atomic E-state index is 12.6. The number of amides is 2. The van der Waals surface area contributed by atoms with Crippen LogP contribution in [0.5, 0.6) is 5.75 Å². The average molecular weight is 508 g/mol. The predicted octanol–water partition coefficient (Wildman–Crippen LogP) is 4.00. The molecule has 2 heterocycles. The molecule has 1 aliphatic heterocycles. The number of aromatic nitrogens is 2. The Morgan fingerprint density at radius 1 is 1.29 bits per heavy atom. The summed E-state index contributed by atoms with van der Waals surface area (Å²) in [6.07, 6.45) is 1.35. The molecule has 2 aromatic rings. The van der Waals surface area contributed by atoms with Gasteiger partial charge >= 0.3 is 17.9 Å². The third kappa shape index (κ3) is 6.76. The van der Waals surface area contributed by atoms with Gasteiger partial charge in [-0.05, 0) is 49.8 Å². The van der Waals surface area contributed by atoms with Gasteiger partial charge in [0.15, 0.2) is 5.49 Å². The van der Waals surface area contributed by atoms with Crippen LogP contribution in [0.15, 0.2) is 75.3 Å². The van der Waals surface area contributed by atoms with Crippen molar-refractivity contribution >= 4 is 29.1 Å². The van der Waals surface area contributed by atoms with E-state index in [4.69, 9.17) is 16.3 Å². The van der Waals surface area contributed by atoms with Crippen molar-refractivity contribution in [3.8, 4) is 5.75 Å². The van der Waals surface area contributed by atoms with Crippen molar-refractivity contribution in [3.05, 3.63) is 92.4 Å². The van der Waals surface area contributed by atoms with Crippen LogP contribution in [0.25, 0.3) is 5.76 Å². The van der Waals surface area contributed by atoms with E-state index in [2.05, 4.69) is 32.2 Å². The number of aromatic amines is 2. The molecule has 1 aliphatic rings. The van der Waals surface area contributed by atoms with Crippen molar-refractivity contribution in [1.29, 1.82) is 0 Å². The number of hydrogen-bond donors (Lipinski definition) is 4. The highest BCUT2D eigenvalue weighted by atomic mass is 35.5. The Kier molecular flexibility index (Phi) is 7.70. The lowest BCUT2D eigenvalue weighted by Gasteiger charge is -2.13. The van der Waals surface area contributed by atoms with Gasteiger partial charge in [-0.25, -0.2) is 14.6 Å². The lowest BCUT2D eigenvalue weighted by molar-refractivity contribution is -0.0882. The lowest BCUT2D eigenvalue weighted by atomic mass is 10.2. The number of carbonyl (C=O) groups excluding carboxylic acids is 1. The molecule has 184 valence electrons. The molecule has 12 heteroatoms. The van der Waals surface area contributed by atoms with Gasteiger partial charge in [-0.2, -0.15) is 13.2 Å². The van der Waals surface area contributed by atoms with Crippen LogP contribution in [-0.4, -0.2) is 22.2 Å². The van der Waals surface area contributed by atoms with Crippen LogP contribution in [0.3, 0.4) is 0 Å². The zero-order chi connectivity index (χ0) is 25.8. The molecular weight excluding hydrogens is 487 g/mol. The Labute approximate surface area is 202 Å². The average Bonchev–Trinajstić information content (AvgIpc) is 3.04. The predicted molar refractivity (Wildman–Crippen MR) is 126 cm³/mol. The lowest BCUT2D eigenvalue weighted by Crippen LogP contribution is -2.28. The molecule has 35 heavy (non-hydrogen) atoms. The Morgan fingerprint density at radius 2 is 2.03 bits per heavy atom. The summed E-state index contributed by atoms with van der Waals surface area (Å²) < 4.78 is 43.8. The van der Waals surface area contributed by atoms with Gasteiger partial charge in [-0.15, -0.1) is 0 Å². The molecule has 0 spiro atoms. The molecule has 1 aromatic heterocycles. The fourth-order valence-corrected chi connectivity index (χ4v) is 3.12. The van der Waals surface area contributed by atoms with E-state index in [1.165, 1.54) is 13.0 Å². The van der Waals surface area contributed by atoms with Gasteiger partial charge in [0, 0.05) is 24.0 Å². The first-order valence-electron chi connectivity index (χ1n) is 10.2. The first kappa shape index (κ1) is 25.6. The number of benzene rings is 1. The van der Waals surface area contributed by atoms with Crippen molar-refractivity contribution in [2.24, 2.45) is 4.99 Å². The number of hydrogen-bond acceptors (Lipinski definition) is 4. The minimum Gasteiger partial charge on any atom is -0.459 e. The van der Waals surface area contributed by atoms with E-state index in [1.54, 1.807) is 37.4 Å². The van der Waals surface area contributed by atoms with Gasteiger partial charge in [0.2, 0.25) is 0 Å². The number of allylic oxidation sites excluding steroid dienone is 5. The van der Waals surface area contributed by atoms with Crippen LogP contribution in [0.2, 0.25) is 0 Å². The van der Waals surface area contributed by atoms with Crippen LogP contribution in [0, 0.1) is 6.92 Å². The molecule has 2 amide bonds. The Bertz CT molecular complexity index is 1430. The molecule has 0 saturated carbocycles. The van der Waals surface area contributed by atoms with E-state index in [0.29, 0.717) is 40.0 Å². The zero-order valence-electron chi connectivity index (χ0n) is 18.6. The van der Waals surface area contributed by atoms with Crippen LogP contribution in [0.1, 0.15) is 18.9 Å². The summed E-state index contributed by atoms with van der Waals surface area (Å²) in [4.78, 5) is 33.3. The number of nitrogens with zero attached hydrogens (tertiary/aromatic N) is 1. The molecule has 3 rings (SSSR count). The summed E-state index contributed by atoms with van der Waals surface area (Å²) in [6.45, 7) is 6.17. The number of fused-ring (bicyclic) bond motifs is 1. The molecule has 8 nitrogen and oxygen atoms in total. The van der Waals surface area contributed by atoms with E-state index in [1.807, 2.05) is 0 Å². The van der Waals surface area contributed by atoms with Gasteiger partial charge in [-0.3, -0.25) is 4.98 Å². The Morgan fingerprint density at radius 3 is 2.71 bits per heavy atom. The summed E-state index contributed by atoms with van der Waals surface area (Å²) in [5.41, 5.74) is 0.200. The molecule has 0 radical (unpaired) electrons. The maximum Gasteiger partial charge on any atom is 0.417 e. The standard InChI is InChI=1S/C23H21ClF3N5O3/c1-12-11-15(30-21(33)29-13(2)6-8-16(24)14(3)23(25,26)27)7-9-17(12)35-18-5-4-10-28-20-19(18)31-22(34)32-20/h4,6-11H,3,5H2,1-2H3,(H2,29,30,33)(H2,28,31,32,34)/b13-6+,16-8+. The minimum atomic E-state index is -4.64. The highest BCUT2D eigenvalue weighted by Gasteiger charge is 2.33. The second-order valence-corrected chi connectivity index (χ2v) is 7.85. The molecule has 0 fully saturated rings. The quantitative estimate of drug-likeness (QED) is 0.443. The number of ether oxygens (including phenoxy) is 1. The molecule has 0 unspecified atom stereocenters. The number of alkyl halides is 3. The summed E-state index contributed by atoms with van der Waals surface area (Å²) in [6, 6.07) is 4.34. The third-order valence-electron chi connectivity index (χ3n) is 4.69. The largest absolute Gasteiger partial charge is 0.459 e. The molecule has 4 N–H and O–H groups in total. The smallest absolute Gasteiger partial charge is 0.417 e. The van der Waals surface area contributed by atoms with Gasteiger partial charge < -0.3 is 20.4 Å². The van der Waals surface area contributed by atoms with E-state index in [0.717, 1.165) is 6.08 Å². The van der Waals surface area contributed by atoms with Gasteiger partial charge in [0.25, 0.3) is 0 Å². The second kappa shape index (κ2) is 10.5. The zero-order valence-corrected chi connectivity index (χ0v) is 19.4. The summed E-state index contributed by atoms with van der Waals surface area (Å²) in [7, 11) is 0. The number of anilines is 1. The first-order chi connectivity index (χ1) is 16.4. The molecule has 0 atom stereocenters. The van der Waals surface area contributed by atoms with Crippen LogP contribution < -0.4 is 31.9 Å². The van der Waals surface area contributed by atoms with Crippen molar-refractivity contribution < 1.29 is 22.7 Å². The van der Waals surface area contributed by atoms with E-state index in [9.17, 15) is 22.8 Å². The van der Waals surface area contributed by atoms with Crippen LogP contribution >= 0.6 is 11.6 Å². The molecular formula is C23H21ClF3N5O3. The maximum absolute atomic E-state index is 12.6. The number of aryl methyl sites for hydroxylation is 1. The SMILES string of the molecule is C=C(/C(Cl)=C\C=C(/C)NC(=O)Nc1ccc(OC2=c3[nH]c(=O)[nH]c3=NC=CC2)c(C)c1)C(F)(F)F. The Balaban J connectivity index is 1.68. The molecule has 1 aromatic carbocycles. The number of rotatable bonds is 6. The van der Waals surface area contributed by atoms with Gasteiger partial charge in [0.05, 0.1) is 10.6 Å². The highest BCUT2D eigenvalue weighted by Crippen LogP contribution is 2.31. The minimum absolute atomic E-state index is 0.256. The van der Waals surface area contributed by atoms with Crippen LogP contribution in [0.4, 0.5) is 23.7 Å². The highest BCUT2D eigenvalue weighted by molar-refractivity contribution is 6.32. The van der Waals surface area contributed by atoms with Gasteiger partial charge in [-0.1, -0.05) is 24.3 Å². The van der Waals surface area contributed by atoms with E-state index < -0.39 is 28.5 Å². The van der Waals surface area contributed by atoms with Crippen molar-refractivity contribution in [2.75, 3.05) is 5.32 Å². The fourth-order valence-electron chi connectivity index (χ4n) is 2.95. The summed E-state index contributed by atoms with van der Waals surface area (Å²) >= 11 is 5.59. The first-order valence-corrected chi connectivity index (χ1v) is 10.5. The number of halogens is 4. The van der Waals surface area contributed by atoms with E-state index >= 15 is 0 Å². The topological polar surface area (TPSA) is 111 Å². The van der Waals surface area contributed by atoms with Crippen molar-refractivity contribution in [1.82, 2.24) is 15.3 Å². The van der Waals surface area contributed by atoms with Crippen LogP contribution in [-0.2, 0) is 0 Å². The number of carbonyl (C=O) groups is 1. The van der Waals surface area contributed by atoms with Crippen molar-refractivity contribution in [2.45, 2.75) is 26.4 Å². The fraction of sp³-hybridized carbons (Fsp3) is 0.174. The number of nitrogens with one attached hydrogen (secondary N) is 4.